The third-order valence-corrected chi connectivity index (χ3v) is 3.26. The first kappa shape index (κ1) is 14.2. The molecular formula is C12H14N4O3S. The van der Waals surface area contributed by atoms with E-state index in [9.17, 15) is 10.1 Å². The van der Waals surface area contributed by atoms with Gasteiger partial charge < -0.3 is 10.1 Å². The number of anilines is 1. The van der Waals surface area contributed by atoms with Crippen molar-refractivity contribution in [2.75, 3.05) is 11.9 Å². The summed E-state index contributed by atoms with van der Waals surface area (Å²) < 4.78 is 5.44. The van der Waals surface area contributed by atoms with Gasteiger partial charge in [0.15, 0.2) is 10.8 Å². The van der Waals surface area contributed by atoms with Crippen LogP contribution in [-0.4, -0.2) is 21.7 Å². The largest absolute Gasteiger partial charge is 0.479 e. The SMILES string of the molecule is CCCNc1nnc(COc2ccccc2[N+](=O)[O-])s1. The lowest BCUT2D eigenvalue weighted by atomic mass is 10.3. The van der Waals surface area contributed by atoms with Gasteiger partial charge in [-0.15, -0.1) is 10.2 Å². The molecule has 106 valence electrons. The van der Waals surface area contributed by atoms with E-state index < -0.39 is 4.92 Å². The molecule has 1 aromatic heterocycles. The van der Waals surface area contributed by atoms with Gasteiger partial charge in [0.1, 0.15) is 6.61 Å². The molecule has 0 radical (unpaired) electrons. The van der Waals surface area contributed by atoms with Crippen LogP contribution in [0.3, 0.4) is 0 Å². The minimum atomic E-state index is -0.469. The summed E-state index contributed by atoms with van der Waals surface area (Å²) in [6, 6.07) is 6.26. The maximum atomic E-state index is 10.8. The topological polar surface area (TPSA) is 90.2 Å². The molecule has 0 spiro atoms. The molecule has 0 atom stereocenters. The Morgan fingerprint density at radius 1 is 1.40 bits per heavy atom. The third kappa shape index (κ3) is 3.64. The van der Waals surface area contributed by atoms with Crippen molar-refractivity contribution in [3.63, 3.8) is 0 Å². The molecule has 0 aliphatic carbocycles. The molecule has 8 heteroatoms. The Bertz CT molecular complexity index is 588. The number of hydrogen-bond acceptors (Lipinski definition) is 7. The molecule has 7 nitrogen and oxygen atoms in total. The van der Waals surface area contributed by atoms with Crippen molar-refractivity contribution in [2.45, 2.75) is 20.0 Å². The number of aromatic nitrogens is 2. The molecule has 0 amide bonds. The van der Waals surface area contributed by atoms with Gasteiger partial charge in [-0.05, 0) is 12.5 Å². The van der Waals surface area contributed by atoms with Crippen LogP contribution in [0, 0.1) is 10.1 Å². The van der Waals surface area contributed by atoms with Crippen LogP contribution in [0.2, 0.25) is 0 Å². The van der Waals surface area contributed by atoms with E-state index in [1.807, 2.05) is 0 Å². The number of hydrogen-bond donors (Lipinski definition) is 1. The van der Waals surface area contributed by atoms with E-state index >= 15 is 0 Å². The molecule has 2 rings (SSSR count). The Hall–Kier alpha value is -2.22. The third-order valence-electron chi connectivity index (χ3n) is 2.41. The zero-order valence-electron chi connectivity index (χ0n) is 10.9. The molecule has 0 unspecified atom stereocenters. The highest BCUT2D eigenvalue weighted by molar-refractivity contribution is 7.15. The monoisotopic (exact) mass is 294 g/mol. The molecule has 0 fully saturated rings. The van der Waals surface area contributed by atoms with E-state index in [0.29, 0.717) is 5.01 Å². The summed E-state index contributed by atoms with van der Waals surface area (Å²) in [5, 5.41) is 23.3. The van der Waals surface area contributed by atoms with E-state index in [4.69, 9.17) is 4.74 Å². The molecule has 0 aliphatic heterocycles. The molecule has 0 saturated heterocycles. The summed E-state index contributed by atoms with van der Waals surface area (Å²) in [6.07, 6.45) is 1.00. The maximum absolute atomic E-state index is 10.8. The Morgan fingerprint density at radius 3 is 2.95 bits per heavy atom. The van der Waals surface area contributed by atoms with Crippen LogP contribution >= 0.6 is 11.3 Å². The van der Waals surface area contributed by atoms with Gasteiger partial charge in [0, 0.05) is 12.6 Å². The van der Waals surface area contributed by atoms with Crippen molar-refractivity contribution < 1.29 is 9.66 Å². The minimum absolute atomic E-state index is 0.0543. The first-order chi connectivity index (χ1) is 9.70. The predicted octanol–water partition coefficient (Wildman–Crippen LogP) is 2.85. The molecule has 2 aromatic rings. The number of benzene rings is 1. The molecule has 1 heterocycles. The van der Waals surface area contributed by atoms with E-state index in [1.54, 1.807) is 18.2 Å². The highest BCUT2D eigenvalue weighted by atomic mass is 32.1. The first-order valence-corrected chi connectivity index (χ1v) is 6.95. The molecule has 1 aromatic carbocycles. The Kier molecular flexibility index (Phi) is 4.83. The Morgan fingerprint density at radius 2 is 2.20 bits per heavy atom. The van der Waals surface area contributed by atoms with E-state index in [2.05, 4.69) is 22.4 Å². The van der Waals surface area contributed by atoms with Crippen molar-refractivity contribution in [3.05, 3.63) is 39.4 Å². The van der Waals surface area contributed by atoms with Crippen molar-refractivity contribution in [1.29, 1.82) is 0 Å². The predicted molar refractivity (Wildman–Crippen MR) is 76.1 cm³/mol. The summed E-state index contributed by atoms with van der Waals surface area (Å²) in [4.78, 5) is 10.4. The van der Waals surface area contributed by atoms with Crippen molar-refractivity contribution >= 4 is 22.2 Å². The molecule has 1 N–H and O–H groups in total. The summed E-state index contributed by atoms with van der Waals surface area (Å²) in [6.45, 7) is 3.06. The molecule has 0 bridgehead atoms. The minimum Gasteiger partial charge on any atom is -0.479 e. The lowest BCUT2D eigenvalue weighted by Gasteiger charge is -2.03. The highest BCUT2D eigenvalue weighted by Gasteiger charge is 2.14. The van der Waals surface area contributed by atoms with Gasteiger partial charge in [0.2, 0.25) is 5.13 Å². The Balaban J connectivity index is 1.98. The van der Waals surface area contributed by atoms with Gasteiger partial charge in [-0.2, -0.15) is 0 Å². The molecular weight excluding hydrogens is 280 g/mol. The van der Waals surface area contributed by atoms with Crippen LogP contribution in [0.5, 0.6) is 5.75 Å². The number of rotatable bonds is 7. The van der Waals surface area contributed by atoms with E-state index in [0.717, 1.165) is 18.1 Å². The number of nitro groups is 1. The maximum Gasteiger partial charge on any atom is 0.310 e. The number of para-hydroxylation sites is 2. The lowest BCUT2D eigenvalue weighted by molar-refractivity contribution is -0.385. The molecule has 20 heavy (non-hydrogen) atoms. The summed E-state index contributed by atoms with van der Waals surface area (Å²) in [7, 11) is 0. The van der Waals surface area contributed by atoms with Crippen molar-refractivity contribution in [1.82, 2.24) is 10.2 Å². The summed E-state index contributed by atoms with van der Waals surface area (Å²) in [5.41, 5.74) is -0.0543. The normalized spacial score (nSPS) is 10.2. The molecule has 0 saturated carbocycles. The number of ether oxygens (including phenoxy) is 1. The highest BCUT2D eigenvalue weighted by Crippen LogP contribution is 2.27. The number of nitro benzene ring substituents is 1. The van der Waals surface area contributed by atoms with Crippen LogP contribution in [0.25, 0.3) is 0 Å². The standard InChI is InChI=1S/C12H14N4O3S/c1-2-7-13-12-15-14-11(20-12)8-19-10-6-4-3-5-9(10)16(17)18/h3-6H,2,7-8H2,1H3,(H,13,15). The van der Waals surface area contributed by atoms with Crippen LogP contribution in [0.4, 0.5) is 10.8 Å². The second-order valence-corrected chi connectivity index (χ2v) is 5.00. The van der Waals surface area contributed by atoms with Crippen LogP contribution in [-0.2, 0) is 6.61 Å². The second-order valence-electron chi connectivity index (χ2n) is 3.94. The Labute approximate surface area is 119 Å². The first-order valence-electron chi connectivity index (χ1n) is 6.13. The van der Waals surface area contributed by atoms with Crippen LogP contribution in [0.15, 0.2) is 24.3 Å². The number of nitrogens with zero attached hydrogens (tertiary/aromatic N) is 3. The smallest absolute Gasteiger partial charge is 0.310 e. The van der Waals surface area contributed by atoms with Crippen LogP contribution < -0.4 is 10.1 Å². The van der Waals surface area contributed by atoms with Gasteiger partial charge in [-0.3, -0.25) is 10.1 Å². The summed E-state index contributed by atoms with van der Waals surface area (Å²) >= 11 is 1.38. The number of nitrogens with one attached hydrogen (secondary N) is 1. The average molecular weight is 294 g/mol. The van der Waals surface area contributed by atoms with Gasteiger partial charge in [-0.1, -0.05) is 30.4 Å². The van der Waals surface area contributed by atoms with Gasteiger partial charge in [0.05, 0.1) is 4.92 Å². The average Bonchev–Trinajstić information content (AvgIpc) is 2.91. The fourth-order valence-corrected chi connectivity index (χ4v) is 2.16. The van der Waals surface area contributed by atoms with E-state index in [1.165, 1.54) is 17.4 Å². The van der Waals surface area contributed by atoms with Gasteiger partial charge in [-0.25, -0.2) is 0 Å². The zero-order valence-corrected chi connectivity index (χ0v) is 11.7. The van der Waals surface area contributed by atoms with Crippen molar-refractivity contribution in [3.8, 4) is 5.75 Å². The summed E-state index contributed by atoms with van der Waals surface area (Å²) in [5.74, 6) is 0.232. The van der Waals surface area contributed by atoms with Crippen LogP contribution in [0.1, 0.15) is 18.4 Å². The van der Waals surface area contributed by atoms with E-state index in [-0.39, 0.29) is 18.0 Å². The second kappa shape index (κ2) is 6.80. The van der Waals surface area contributed by atoms with Crippen molar-refractivity contribution in [2.24, 2.45) is 0 Å². The fraction of sp³-hybridized carbons (Fsp3) is 0.333. The molecule has 0 aliphatic rings. The zero-order chi connectivity index (χ0) is 14.4. The fourth-order valence-electron chi connectivity index (χ4n) is 1.48. The van der Waals surface area contributed by atoms with Gasteiger partial charge >= 0.3 is 5.69 Å². The van der Waals surface area contributed by atoms with Gasteiger partial charge in [0.25, 0.3) is 0 Å². The lowest BCUT2D eigenvalue weighted by Crippen LogP contribution is -1.98. The quantitative estimate of drug-likeness (QED) is 0.623.